The third-order valence-corrected chi connectivity index (χ3v) is 2.10. The summed E-state index contributed by atoms with van der Waals surface area (Å²) in [4.78, 5) is 26.5. The number of carbonyl (C=O) groups is 1. The van der Waals surface area contributed by atoms with E-state index < -0.39 is 0 Å². The molecule has 0 aliphatic carbocycles. The van der Waals surface area contributed by atoms with Crippen LogP contribution >= 0.6 is 0 Å². The van der Waals surface area contributed by atoms with Gasteiger partial charge in [-0.25, -0.2) is 19.7 Å². The van der Waals surface area contributed by atoms with Gasteiger partial charge in [0.25, 0.3) is 0 Å². The monoisotopic (exact) mass is 222 g/mol. The number of fused-ring (bicyclic) bond motifs is 1. The Morgan fingerprint density at radius 2 is 2.38 bits per heavy atom. The van der Waals surface area contributed by atoms with E-state index in [9.17, 15) is 9.59 Å². The van der Waals surface area contributed by atoms with E-state index in [1.807, 2.05) is 5.43 Å². The number of aromatic nitrogens is 4. The van der Waals surface area contributed by atoms with Crippen LogP contribution < -0.4 is 17.0 Å². The maximum absolute atomic E-state index is 11.7. The van der Waals surface area contributed by atoms with Gasteiger partial charge < -0.3 is 0 Å². The number of nitrogens with zero attached hydrogens (tertiary/aromatic N) is 4. The molecule has 0 unspecified atom stereocenters. The molecule has 0 radical (unpaired) electrons. The minimum absolute atomic E-state index is 0.105. The topological polar surface area (TPSA) is 107 Å². The highest BCUT2D eigenvalue weighted by Gasteiger charge is 2.07. The highest BCUT2D eigenvalue weighted by Crippen LogP contribution is 1.93. The summed E-state index contributed by atoms with van der Waals surface area (Å²) >= 11 is 0. The Labute approximate surface area is 89.7 Å². The van der Waals surface area contributed by atoms with E-state index in [1.165, 1.54) is 27.7 Å². The Balaban J connectivity index is 2.28. The Morgan fingerprint density at radius 3 is 3.06 bits per heavy atom. The number of hydrazine groups is 1. The first-order valence-corrected chi connectivity index (χ1v) is 4.61. The largest absolute Gasteiger partial charge is 0.350 e. The summed E-state index contributed by atoms with van der Waals surface area (Å²) in [6.07, 6.45) is 4.59. The van der Waals surface area contributed by atoms with E-state index in [0.717, 1.165) is 0 Å². The quantitative estimate of drug-likeness (QED) is 0.364. The molecule has 0 aliphatic heterocycles. The molecule has 2 heterocycles. The molecule has 0 bridgehead atoms. The second-order valence-electron chi connectivity index (χ2n) is 3.13. The maximum atomic E-state index is 11.7. The molecule has 3 N–H and O–H groups in total. The van der Waals surface area contributed by atoms with Gasteiger partial charge in [-0.2, -0.15) is 0 Å². The predicted molar refractivity (Wildman–Crippen MR) is 54.2 cm³/mol. The third-order valence-electron chi connectivity index (χ3n) is 2.10. The summed E-state index contributed by atoms with van der Waals surface area (Å²) in [6.45, 7) is 0.184. The molecule has 0 atom stereocenters. The van der Waals surface area contributed by atoms with E-state index in [0.29, 0.717) is 5.65 Å². The lowest BCUT2D eigenvalue weighted by molar-refractivity contribution is -0.121. The molecular weight excluding hydrogens is 212 g/mol. The highest BCUT2D eigenvalue weighted by molar-refractivity contribution is 5.74. The van der Waals surface area contributed by atoms with Gasteiger partial charge in [-0.05, 0) is 0 Å². The van der Waals surface area contributed by atoms with Crippen molar-refractivity contribution in [2.24, 2.45) is 5.84 Å². The summed E-state index contributed by atoms with van der Waals surface area (Å²) < 4.78 is 2.56. The summed E-state index contributed by atoms with van der Waals surface area (Å²) in [6, 6.07) is 0. The number of nitrogens with one attached hydrogen (secondary N) is 1. The second-order valence-corrected chi connectivity index (χ2v) is 3.13. The van der Waals surface area contributed by atoms with Gasteiger partial charge in [0, 0.05) is 18.8 Å². The lowest BCUT2D eigenvalue weighted by atomic mass is 10.4. The fraction of sp³-hybridized carbons (Fsp3) is 0.250. The van der Waals surface area contributed by atoms with E-state index in [2.05, 4.69) is 10.1 Å². The van der Waals surface area contributed by atoms with Gasteiger partial charge in [-0.1, -0.05) is 0 Å². The van der Waals surface area contributed by atoms with Crippen molar-refractivity contribution in [3.8, 4) is 0 Å². The number of hydrogen-bond donors (Lipinski definition) is 2. The van der Waals surface area contributed by atoms with Crippen molar-refractivity contribution in [1.82, 2.24) is 24.6 Å². The minimum atomic E-state index is -0.345. The molecule has 0 fully saturated rings. The van der Waals surface area contributed by atoms with Crippen LogP contribution in [0.25, 0.3) is 5.65 Å². The van der Waals surface area contributed by atoms with Crippen LogP contribution in [0.1, 0.15) is 6.42 Å². The van der Waals surface area contributed by atoms with Crippen molar-refractivity contribution in [3.63, 3.8) is 0 Å². The lowest BCUT2D eigenvalue weighted by Gasteiger charge is -1.97. The van der Waals surface area contributed by atoms with Crippen molar-refractivity contribution < 1.29 is 4.79 Å². The first kappa shape index (κ1) is 10.3. The predicted octanol–water partition coefficient (Wildman–Crippen LogP) is -1.73. The number of nitrogens with two attached hydrogens (primary N) is 1. The molecule has 0 aromatic carbocycles. The number of aryl methyl sites for hydroxylation is 1. The van der Waals surface area contributed by atoms with Gasteiger partial charge in [0.1, 0.15) is 0 Å². The number of carbonyl (C=O) groups excluding carboxylic acids is 1. The first-order chi connectivity index (χ1) is 7.72. The van der Waals surface area contributed by atoms with Gasteiger partial charge in [0.05, 0.1) is 12.7 Å². The van der Waals surface area contributed by atoms with E-state index >= 15 is 0 Å². The van der Waals surface area contributed by atoms with Crippen LogP contribution in [0.5, 0.6) is 0 Å². The summed E-state index contributed by atoms with van der Waals surface area (Å²) in [7, 11) is 0. The number of rotatable bonds is 3. The van der Waals surface area contributed by atoms with Crippen LogP contribution in [0.3, 0.4) is 0 Å². The van der Waals surface area contributed by atoms with Crippen LogP contribution in [0.15, 0.2) is 23.4 Å². The average Bonchev–Trinajstić information content (AvgIpc) is 2.64. The molecule has 8 heteroatoms. The summed E-state index contributed by atoms with van der Waals surface area (Å²) in [5.74, 6) is 4.58. The molecule has 2 rings (SSSR count). The van der Waals surface area contributed by atoms with Crippen molar-refractivity contribution in [1.29, 1.82) is 0 Å². The highest BCUT2D eigenvalue weighted by atomic mass is 16.2. The molecule has 16 heavy (non-hydrogen) atoms. The standard InChI is InChI=1S/C8H10N6O2/c9-11-7(15)1-3-14-8(16)13-4-2-10-5-6(13)12-14/h2,4-5H,1,3,9H2,(H,11,15). The normalized spacial score (nSPS) is 10.6. The summed E-state index contributed by atoms with van der Waals surface area (Å²) in [5, 5.41) is 4.00. The molecule has 0 saturated heterocycles. The number of amides is 1. The SMILES string of the molecule is NNC(=O)CCn1nc2cnccn2c1=O. The molecule has 84 valence electrons. The van der Waals surface area contributed by atoms with Crippen LogP contribution in [0.4, 0.5) is 0 Å². The van der Waals surface area contributed by atoms with Crippen molar-refractivity contribution in [2.75, 3.05) is 0 Å². The van der Waals surface area contributed by atoms with Crippen LogP contribution in [0, 0.1) is 0 Å². The minimum Gasteiger partial charge on any atom is -0.294 e. The Hall–Kier alpha value is -2.22. The van der Waals surface area contributed by atoms with Crippen molar-refractivity contribution in [2.45, 2.75) is 13.0 Å². The maximum Gasteiger partial charge on any atom is 0.350 e. The Kier molecular flexibility index (Phi) is 2.64. The third kappa shape index (κ3) is 1.77. The van der Waals surface area contributed by atoms with Crippen LogP contribution in [0.2, 0.25) is 0 Å². The Bertz CT molecular complexity index is 571. The average molecular weight is 222 g/mol. The molecule has 0 spiro atoms. The van der Waals surface area contributed by atoms with Gasteiger partial charge >= 0.3 is 5.69 Å². The second kappa shape index (κ2) is 4.11. The molecule has 8 nitrogen and oxygen atoms in total. The van der Waals surface area contributed by atoms with Gasteiger partial charge in [0.2, 0.25) is 5.91 Å². The fourth-order valence-electron chi connectivity index (χ4n) is 1.31. The van der Waals surface area contributed by atoms with Crippen LogP contribution in [-0.2, 0) is 11.3 Å². The molecule has 2 aromatic heterocycles. The molecule has 1 amide bonds. The van der Waals surface area contributed by atoms with E-state index in [1.54, 1.807) is 0 Å². The molecule has 2 aromatic rings. The molecular formula is C8H10N6O2. The van der Waals surface area contributed by atoms with Gasteiger partial charge in [0.15, 0.2) is 5.65 Å². The molecule has 0 saturated carbocycles. The zero-order valence-corrected chi connectivity index (χ0v) is 8.33. The van der Waals surface area contributed by atoms with Crippen molar-refractivity contribution >= 4 is 11.6 Å². The zero-order valence-electron chi connectivity index (χ0n) is 8.33. The van der Waals surface area contributed by atoms with Gasteiger partial charge in [-0.15, -0.1) is 5.10 Å². The van der Waals surface area contributed by atoms with Crippen LogP contribution in [-0.4, -0.2) is 25.1 Å². The zero-order chi connectivity index (χ0) is 11.5. The summed E-state index contributed by atoms with van der Waals surface area (Å²) in [5.41, 5.74) is 2.13. The lowest BCUT2D eigenvalue weighted by Crippen LogP contribution is -2.32. The fourth-order valence-corrected chi connectivity index (χ4v) is 1.31. The van der Waals surface area contributed by atoms with E-state index in [4.69, 9.17) is 5.84 Å². The van der Waals surface area contributed by atoms with E-state index in [-0.39, 0.29) is 24.6 Å². The van der Waals surface area contributed by atoms with Crippen molar-refractivity contribution in [3.05, 3.63) is 29.1 Å². The Morgan fingerprint density at radius 1 is 1.56 bits per heavy atom. The smallest absolute Gasteiger partial charge is 0.294 e. The number of hydrogen-bond acceptors (Lipinski definition) is 5. The molecule has 0 aliphatic rings. The van der Waals surface area contributed by atoms with Gasteiger partial charge in [-0.3, -0.25) is 15.2 Å². The first-order valence-electron chi connectivity index (χ1n) is 4.61.